The Morgan fingerprint density at radius 3 is 2.78 bits per heavy atom. The number of fused-ring (bicyclic) bond motifs is 1. The topological polar surface area (TPSA) is 58.3 Å². The molecule has 3 heterocycles. The number of aromatic nitrogens is 4. The van der Waals surface area contributed by atoms with E-state index in [1.807, 2.05) is 4.52 Å². The summed E-state index contributed by atoms with van der Waals surface area (Å²) in [5.74, 6) is 2.08. The van der Waals surface area contributed by atoms with Crippen molar-refractivity contribution in [3.8, 4) is 0 Å². The molecule has 1 aliphatic heterocycles. The number of nitrogens with one attached hydrogen (secondary N) is 1. The van der Waals surface area contributed by atoms with Gasteiger partial charge in [0.1, 0.15) is 12.1 Å². The van der Waals surface area contributed by atoms with Crippen molar-refractivity contribution in [2.45, 2.75) is 58.4 Å². The second-order valence-corrected chi connectivity index (χ2v) is 6.81. The van der Waals surface area contributed by atoms with Crippen LogP contribution in [0.2, 0.25) is 0 Å². The molecule has 6 nitrogen and oxygen atoms in total. The van der Waals surface area contributed by atoms with Crippen LogP contribution in [0.3, 0.4) is 0 Å². The Bertz CT molecular complexity index is 627. The van der Waals surface area contributed by atoms with Crippen LogP contribution in [0, 0.1) is 0 Å². The molecule has 0 aromatic carbocycles. The minimum absolute atomic E-state index is 0.383. The summed E-state index contributed by atoms with van der Waals surface area (Å²) >= 11 is 0. The Morgan fingerprint density at radius 1 is 1.30 bits per heavy atom. The fourth-order valence-electron chi connectivity index (χ4n) is 3.12. The standard InChI is InChI=1S/C17H28N6/c1-4-5-8-22-9-6-14(7-10-22)20-16-11-15(13(2)3)21-17-18-12-19-23(16)17/h11-14,20H,4-10H2,1-3H3. The van der Waals surface area contributed by atoms with Gasteiger partial charge in [-0.2, -0.15) is 14.6 Å². The van der Waals surface area contributed by atoms with Gasteiger partial charge in [0.25, 0.3) is 5.78 Å². The fourth-order valence-corrected chi connectivity index (χ4v) is 3.12. The van der Waals surface area contributed by atoms with Gasteiger partial charge in [0.15, 0.2) is 0 Å². The molecule has 3 rings (SSSR count). The number of piperidine rings is 1. The van der Waals surface area contributed by atoms with Crippen LogP contribution in [-0.2, 0) is 0 Å². The van der Waals surface area contributed by atoms with Gasteiger partial charge < -0.3 is 10.2 Å². The second-order valence-electron chi connectivity index (χ2n) is 6.81. The first-order valence-corrected chi connectivity index (χ1v) is 8.87. The van der Waals surface area contributed by atoms with E-state index in [2.05, 4.69) is 52.1 Å². The van der Waals surface area contributed by atoms with Crippen LogP contribution in [0.15, 0.2) is 12.4 Å². The highest BCUT2D eigenvalue weighted by molar-refractivity contribution is 5.46. The van der Waals surface area contributed by atoms with Crippen molar-refractivity contribution in [1.82, 2.24) is 24.5 Å². The second kappa shape index (κ2) is 7.25. The molecule has 1 N–H and O–H groups in total. The van der Waals surface area contributed by atoms with Crippen molar-refractivity contribution in [1.29, 1.82) is 0 Å². The number of hydrogen-bond acceptors (Lipinski definition) is 5. The molecule has 23 heavy (non-hydrogen) atoms. The molecule has 0 spiro atoms. The van der Waals surface area contributed by atoms with Gasteiger partial charge in [0.05, 0.1) is 5.69 Å². The van der Waals surface area contributed by atoms with Crippen LogP contribution in [0.4, 0.5) is 5.82 Å². The van der Waals surface area contributed by atoms with Gasteiger partial charge in [-0.05, 0) is 31.7 Å². The molecule has 0 amide bonds. The first kappa shape index (κ1) is 16.2. The van der Waals surface area contributed by atoms with Crippen molar-refractivity contribution in [3.63, 3.8) is 0 Å². The van der Waals surface area contributed by atoms with Gasteiger partial charge in [-0.3, -0.25) is 0 Å². The van der Waals surface area contributed by atoms with Crippen LogP contribution >= 0.6 is 0 Å². The van der Waals surface area contributed by atoms with Crippen LogP contribution in [0.25, 0.3) is 5.78 Å². The maximum atomic E-state index is 4.58. The number of nitrogens with zero attached hydrogens (tertiary/aromatic N) is 5. The number of anilines is 1. The number of hydrogen-bond donors (Lipinski definition) is 1. The first-order chi connectivity index (χ1) is 11.2. The zero-order chi connectivity index (χ0) is 16.2. The highest BCUT2D eigenvalue weighted by atomic mass is 15.4. The molecule has 1 fully saturated rings. The Kier molecular flexibility index (Phi) is 5.10. The van der Waals surface area contributed by atoms with Crippen molar-refractivity contribution in [2.75, 3.05) is 25.0 Å². The van der Waals surface area contributed by atoms with Crippen molar-refractivity contribution >= 4 is 11.6 Å². The lowest BCUT2D eigenvalue weighted by Crippen LogP contribution is -2.39. The molecule has 126 valence electrons. The molecule has 0 radical (unpaired) electrons. The smallest absolute Gasteiger partial charge is 0.254 e. The molecular formula is C17H28N6. The molecule has 1 saturated heterocycles. The third-order valence-electron chi connectivity index (χ3n) is 4.63. The van der Waals surface area contributed by atoms with E-state index in [1.165, 1.54) is 45.3 Å². The average molecular weight is 316 g/mol. The Morgan fingerprint density at radius 2 is 2.09 bits per heavy atom. The van der Waals surface area contributed by atoms with Crippen LogP contribution < -0.4 is 5.32 Å². The molecule has 1 aliphatic rings. The number of rotatable bonds is 6. The summed E-state index contributed by atoms with van der Waals surface area (Å²) in [7, 11) is 0. The molecule has 0 bridgehead atoms. The lowest BCUT2D eigenvalue weighted by Gasteiger charge is -2.32. The SMILES string of the molecule is CCCCN1CCC(Nc2cc(C(C)C)nc3ncnn23)CC1. The maximum Gasteiger partial charge on any atom is 0.254 e. The summed E-state index contributed by atoms with van der Waals surface area (Å²) in [6.07, 6.45) is 6.51. The highest BCUT2D eigenvalue weighted by Gasteiger charge is 2.20. The van der Waals surface area contributed by atoms with Gasteiger partial charge in [-0.15, -0.1) is 0 Å². The average Bonchev–Trinajstić information content (AvgIpc) is 3.03. The van der Waals surface area contributed by atoms with Crippen LogP contribution in [0.1, 0.15) is 58.1 Å². The van der Waals surface area contributed by atoms with E-state index in [4.69, 9.17) is 0 Å². The van der Waals surface area contributed by atoms with Gasteiger partial charge in [-0.1, -0.05) is 27.2 Å². The molecule has 0 saturated carbocycles. The predicted octanol–water partition coefficient (Wildman–Crippen LogP) is 2.92. The highest BCUT2D eigenvalue weighted by Crippen LogP contribution is 2.21. The Labute approximate surface area is 138 Å². The molecule has 2 aromatic heterocycles. The fraction of sp³-hybridized carbons (Fsp3) is 0.706. The van der Waals surface area contributed by atoms with Gasteiger partial charge in [0, 0.05) is 25.2 Å². The summed E-state index contributed by atoms with van der Waals surface area (Å²) < 4.78 is 1.81. The van der Waals surface area contributed by atoms with E-state index in [9.17, 15) is 0 Å². The molecular weight excluding hydrogens is 288 g/mol. The first-order valence-electron chi connectivity index (χ1n) is 8.87. The molecule has 0 aliphatic carbocycles. The quantitative estimate of drug-likeness (QED) is 0.888. The van der Waals surface area contributed by atoms with E-state index in [0.29, 0.717) is 17.7 Å². The van der Waals surface area contributed by atoms with Gasteiger partial charge in [0.2, 0.25) is 0 Å². The number of unbranched alkanes of at least 4 members (excludes halogenated alkanes) is 1. The zero-order valence-corrected chi connectivity index (χ0v) is 14.5. The van der Waals surface area contributed by atoms with Crippen molar-refractivity contribution in [3.05, 3.63) is 18.1 Å². The number of likely N-dealkylation sites (tertiary alicyclic amines) is 1. The van der Waals surface area contributed by atoms with E-state index < -0.39 is 0 Å². The van der Waals surface area contributed by atoms with Gasteiger partial charge in [-0.25, -0.2) is 4.98 Å². The normalized spacial score (nSPS) is 17.2. The third kappa shape index (κ3) is 3.80. The van der Waals surface area contributed by atoms with E-state index >= 15 is 0 Å². The lowest BCUT2D eigenvalue weighted by atomic mass is 10.0. The van der Waals surface area contributed by atoms with Crippen molar-refractivity contribution in [2.24, 2.45) is 0 Å². The maximum absolute atomic E-state index is 4.58. The van der Waals surface area contributed by atoms with Crippen LogP contribution in [-0.4, -0.2) is 50.2 Å². The molecule has 0 unspecified atom stereocenters. The lowest BCUT2D eigenvalue weighted by molar-refractivity contribution is 0.216. The van der Waals surface area contributed by atoms with Gasteiger partial charge >= 0.3 is 0 Å². The Hall–Kier alpha value is -1.69. The van der Waals surface area contributed by atoms with E-state index in [1.54, 1.807) is 6.33 Å². The Balaban J connectivity index is 1.68. The van der Waals surface area contributed by atoms with E-state index in [-0.39, 0.29) is 0 Å². The summed E-state index contributed by atoms with van der Waals surface area (Å²) in [5.41, 5.74) is 1.06. The predicted molar refractivity (Wildman–Crippen MR) is 92.9 cm³/mol. The summed E-state index contributed by atoms with van der Waals surface area (Å²) in [5, 5.41) is 7.99. The summed E-state index contributed by atoms with van der Waals surface area (Å²) in [6, 6.07) is 2.62. The zero-order valence-electron chi connectivity index (χ0n) is 14.5. The van der Waals surface area contributed by atoms with E-state index in [0.717, 1.165) is 11.5 Å². The van der Waals surface area contributed by atoms with Crippen molar-refractivity contribution < 1.29 is 0 Å². The summed E-state index contributed by atoms with van der Waals surface area (Å²) in [4.78, 5) is 11.4. The largest absolute Gasteiger partial charge is 0.367 e. The van der Waals surface area contributed by atoms with Crippen LogP contribution in [0.5, 0.6) is 0 Å². The third-order valence-corrected chi connectivity index (χ3v) is 4.63. The minimum Gasteiger partial charge on any atom is -0.367 e. The molecule has 2 aromatic rings. The minimum atomic E-state index is 0.383. The summed E-state index contributed by atoms with van der Waals surface area (Å²) in [6.45, 7) is 10.2. The molecule has 0 atom stereocenters. The molecule has 6 heteroatoms. The monoisotopic (exact) mass is 316 g/mol.